The molecule has 1 saturated carbocycles. The van der Waals surface area contributed by atoms with Crippen molar-refractivity contribution in [2.45, 2.75) is 69.9 Å². The van der Waals surface area contributed by atoms with E-state index in [1.165, 1.54) is 4.90 Å². The molecule has 2 fully saturated rings. The van der Waals surface area contributed by atoms with E-state index < -0.39 is 23.8 Å². The number of ether oxygens (including phenoxy) is 1. The Kier molecular flexibility index (Phi) is 5.12. The van der Waals surface area contributed by atoms with Gasteiger partial charge in [-0.3, -0.25) is 14.5 Å². The molecule has 2 amide bonds. The van der Waals surface area contributed by atoms with Gasteiger partial charge < -0.3 is 4.74 Å². The summed E-state index contributed by atoms with van der Waals surface area (Å²) in [6, 6.07) is 15.5. The number of benzene rings is 2. The maximum atomic E-state index is 14.0. The second kappa shape index (κ2) is 8.07. The number of nitrogens with zero attached hydrogens (tertiary/aromatic N) is 1. The van der Waals surface area contributed by atoms with Gasteiger partial charge in [0, 0.05) is 11.8 Å². The quantitative estimate of drug-likeness (QED) is 0.490. The zero-order valence-electron chi connectivity index (χ0n) is 19.8. The van der Waals surface area contributed by atoms with E-state index in [-0.39, 0.29) is 35.7 Å². The van der Waals surface area contributed by atoms with Gasteiger partial charge >= 0.3 is 5.97 Å². The van der Waals surface area contributed by atoms with Crippen molar-refractivity contribution < 1.29 is 19.1 Å². The van der Waals surface area contributed by atoms with Gasteiger partial charge in [-0.2, -0.15) is 0 Å². The number of amides is 2. The predicted molar refractivity (Wildman–Crippen MR) is 127 cm³/mol. The van der Waals surface area contributed by atoms with Crippen LogP contribution in [0.25, 0.3) is 0 Å². The van der Waals surface area contributed by atoms with Crippen LogP contribution in [0.4, 0.5) is 0 Å². The van der Waals surface area contributed by atoms with Gasteiger partial charge in [-0.25, -0.2) is 4.79 Å². The number of likely N-dealkylation sites (tertiary alicyclic amines) is 1. The van der Waals surface area contributed by atoms with Crippen LogP contribution in [0.3, 0.4) is 0 Å². The summed E-state index contributed by atoms with van der Waals surface area (Å²) in [5, 5.41) is 0. The van der Waals surface area contributed by atoms with Crippen LogP contribution in [0.1, 0.15) is 80.0 Å². The normalized spacial score (nSPS) is 28.5. The number of carbonyl (C=O) groups is 3. The maximum absolute atomic E-state index is 14.0. The highest BCUT2D eigenvalue weighted by Crippen LogP contribution is 2.61. The summed E-state index contributed by atoms with van der Waals surface area (Å²) < 4.78 is 5.89. The third-order valence-corrected chi connectivity index (χ3v) is 8.47. The van der Waals surface area contributed by atoms with E-state index in [9.17, 15) is 14.4 Å². The van der Waals surface area contributed by atoms with Crippen molar-refractivity contribution >= 4 is 17.8 Å². The molecule has 0 unspecified atom stereocenters. The summed E-state index contributed by atoms with van der Waals surface area (Å²) >= 11 is 0. The third-order valence-electron chi connectivity index (χ3n) is 8.47. The van der Waals surface area contributed by atoms with Crippen molar-refractivity contribution in [1.29, 1.82) is 0 Å². The Morgan fingerprint density at radius 2 is 1.24 bits per heavy atom. The van der Waals surface area contributed by atoms with Crippen LogP contribution in [-0.4, -0.2) is 34.8 Å². The molecule has 34 heavy (non-hydrogen) atoms. The van der Waals surface area contributed by atoms with Gasteiger partial charge in [0.15, 0.2) is 0 Å². The van der Waals surface area contributed by atoms with Crippen molar-refractivity contribution in [2.24, 2.45) is 17.8 Å². The van der Waals surface area contributed by atoms with Crippen LogP contribution in [0, 0.1) is 17.8 Å². The molecular formula is C29H31NO4. The maximum Gasteiger partial charge on any atom is 0.329 e. The fraction of sp³-hybridized carbons (Fsp3) is 0.483. The summed E-state index contributed by atoms with van der Waals surface area (Å²) in [5.74, 6) is -2.33. The molecule has 5 aliphatic rings. The summed E-state index contributed by atoms with van der Waals surface area (Å²) in [4.78, 5) is 42.7. The van der Waals surface area contributed by atoms with Gasteiger partial charge in [0.05, 0.1) is 11.8 Å². The summed E-state index contributed by atoms with van der Waals surface area (Å²) in [5.41, 5.74) is 4.56. The zero-order valence-corrected chi connectivity index (χ0v) is 19.8. The van der Waals surface area contributed by atoms with Crippen LogP contribution in [0.5, 0.6) is 0 Å². The number of imide groups is 1. The molecule has 1 aliphatic heterocycles. The van der Waals surface area contributed by atoms with E-state index in [1.54, 1.807) is 0 Å². The predicted octanol–water partition coefficient (Wildman–Crippen LogP) is 4.78. The SMILES string of the molecule is CC(C)[C@H](C(=O)OC1CCCCC1)N1C(=O)[C@@H]2C3c4ccccc4C(c4ccccc43)[C@H]2C1=O. The Morgan fingerprint density at radius 1 is 0.794 bits per heavy atom. The first-order chi connectivity index (χ1) is 16.5. The largest absolute Gasteiger partial charge is 0.461 e. The van der Waals surface area contributed by atoms with Gasteiger partial charge in [-0.05, 0) is 53.9 Å². The lowest BCUT2D eigenvalue weighted by Gasteiger charge is -2.45. The molecule has 1 heterocycles. The van der Waals surface area contributed by atoms with Crippen LogP contribution in [-0.2, 0) is 19.1 Å². The molecule has 1 saturated heterocycles. The molecule has 0 spiro atoms. The minimum atomic E-state index is -0.877. The molecule has 2 aromatic rings. The topological polar surface area (TPSA) is 63.7 Å². The second-order valence-corrected chi connectivity index (χ2v) is 10.7. The molecule has 4 aliphatic carbocycles. The van der Waals surface area contributed by atoms with Gasteiger partial charge in [-0.1, -0.05) is 68.8 Å². The van der Waals surface area contributed by atoms with Gasteiger partial charge in [-0.15, -0.1) is 0 Å². The monoisotopic (exact) mass is 457 g/mol. The van der Waals surface area contributed by atoms with E-state index in [4.69, 9.17) is 4.74 Å². The lowest BCUT2D eigenvalue weighted by Crippen LogP contribution is -2.50. The Labute approximate surface area is 200 Å². The van der Waals surface area contributed by atoms with Crippen molar-refractivity contribution in [2.75, 3.05) is 0 Å². The van der Waals surface area contributed by atoms with Gasteiger partial charge in [0.2, 0.25) is 11.8 Å². The fourth-order valence-electron chi connectivity index (χ4n) is 7.07. The molecule has 2 bridgehead atoms. The third kappa shape index (κ3) is 3.02. The van der Waals surface area contributed by atoms with E-state index in [2.05, 4.69) is 24.3 Å². The number of esters is 1. The molecule has 5 nitrogen and oxygen atoms in total. The Hall–Kier alpha value is -2.95. The molecule has 7 rings (SSSR count). The molecule has 2 aromatic carbocycles. The number of hydrogen-bond donors (Lipinski definition) is 0. The highest BCUT2D eigenvalue weighted by atomic mass is 16.5. The summed E-state index contributed by atoms with van der Waals surface area (Å²) in [6.45, 7) is 3.79. The van der Waals surface area contributed by atoms with E-state index >= 15 is 0 Å². The van der Waals surface area contributed by atoms with E-state index in [1.807, 2.05) is 38.1 Å². The van der Waals surface area contributed by atoms with Crippen molar-refractivity contribution in [1.82, 2.24) is 4.90 Å². The summed E-state index contributed by atoms with van der Waals surface area (Å²) in [6.07, 6.45) is 4.88. The van der Waals surface area contributed by atoms with Crippen molar-refractivity contribution in [3.63, 3.8) is 0 Å². The Balaban J connectivity index is 1.39. The number of rotatable bonds is 4. The Morgan fingerprint density at radius 3 is 1.65 bits per heavy atom. The van der Waals surface area contributed by atoms with Crippen LogP contribution in [0.2, 0.25) is 0 Å². The van der Waals surface area contributed by atoms with Gasteiger partial charge in [0.1, 0.15) is 12.1 Å². The second-order valence-electron chi connectivity index (χ2n) is 10.7. The lowest BCUT2D eigenvalue weighted by atomic mass is 9.55. The molecule has 3 atom stereocenters. The Bertz CT molecular complexity index is 1050. The van der Waals surface area contributed by atoms with Crippen LogP contribution >= 0.6 is 0 Å². The standard InChI is InChI=1S/C29H31NO4/c1-16(2)26(29(33)34-17-10-4-3-5-11-17)30-27(31)24-22-18-12-6-7-13-19(18)23(25(24)28(30)32)21-15-9-8-14-20(21)22/h6-9,12-17,22-26H,3-5,10-11H2,1-2H3/t22?,23?,24-,25-,26-/m1/s1. The van der Waals surface area contributed by atoms with Crippen molar-refractivity contribution in [3.8, 4) is 0 Å². The van der Waals surface area contributed by atoms with E-state index in [0.717, 1.165) is 54.4 Å². The van der Waals surface area contributed by atoms with Crippen molar-refractivity contribution in [3.05, 3.63) is 70.8 Å². The molecule has 0 aromatic heterocycles. The first kappa shape index (κ1) is 21.6. The van der Waals surface area contributed by atoms with Crippen LogP contribution in [0.15, 0.2) is 48.5 Å². The molecule has 0 radical (unpaired) electrons. The number of hydrogen-bond acceptors (Lipinski definition) is 4. The average Bonchev–Trinajstić information content (AvgIpc) is 3.10. The smallest absolute Gasteiger partial charge is 0.329 e. The highest BCUT2D eigenvalue weighted by Gasteiger charge is 2.63. The zero-order chi connectivity index (χ0) is 23.6. The highest BCUT2D eigenvalue weighted by molar-refractivity contribution is 6.10. The summed E-state index contributed by atoms with van der Waals surface area (Å²) in [7, 11) is 0. The van der Waals surface area contributed by atoms with E-state index in [0.29, 0.717) is 0 Å². The van der Waals surface area contributed by atoms with Crippen LogP contribution < -0.4 is 0 Å². The minimum absolute atomic E-state index is 0.109. The molecule has 176 valence electrons. The number of carbonyl (C=O) groups excluding carboxylic acids is 3. The molecule has 0 N–H and O–H groups in total. The first-order valence-corrected chi connectivity index (χ1v) is 12.7. The molecule has 5 heteroatoms. The lowest BCUT2D eigenvalue weighted by molar-refractivity contribution is -0.165. The minimum Gasteiger partial charge on any atom is -0.461 e. The fourth-order valence-corrected chi connectivity index (χ4v) is 7.07. The van der Waals surface area contributed by atoms with Gasteiger partial charge in [0.25, 0.3) is 0 Å². The first-order valence-electron chi connectivity index (χ1n) is 12.7. The molecular weight excluding hydrogens is 426 g/mol. The average molecular weight is 458 g/mol.